The van der Waals surface area contributed by atoms with Crippen LogP contribution in [0.2, 0.25) is 0 Å². The third kappa shape index (κ3) is 5.68. The van der Waals surface area contributed by atoms with Crippen LogP contribution < -0.4 is 5.32 Å². The first-order valence-electron chi connectivity index (χ1n) is 5.08. The molecule has 0 amide bonds. The average Bonchev–Trinajstić information content (AvgIpc) is 2.14. The monoisotopic (exact) mass is 182 g/mol. The maximum Gasteiger partial charge on any atom is 0.0601 e. The van der Waals surface area contributed by atoms with E-state index in [2.05, 4.69) is 30.0 Å². The summed E-state index contributed by atoms with van der Waals surface area (Å²) in [6.07, 6.45) is 7.73. The Bertz CT molecular complexity index is 149. The Morgan fingerprint density at radius 1 is 1.54 bits per heavy atom. The molecule has 0 aromatic rings. The molecule has 0 spiro atoms. The SMILES string of the molecule is C#CCN(CC)C(C)CCCNC. The lowest BCUT2D eigenvalue weighted by molar-refractivity contribution is 0.233. The van der Waals surface area contributed by atoms with E-state index in [4.69, 9.17) is 6.42 Å². The highest BCUT2D eigenvalue weighted by Gasteiger charge is 2.09. The van der Waals surface area contributed by atoms with Crippen molar-refractivity contribution >= 4 is 0 Å². The zero-order valence-corrected chi connectivity index (χ0v) is 9.14. The van der Waals surface area contributed by atoms with Crippen molar-refractivity contribution in [2.75, 3.05) is 26.7 Å². The van der Waals surface area contributed by atoms with Crippen molar-refractivity contribution in [3.8, 4) is 12.3 Å². The van der Waals surface area contributed by atoms with E-state index in [1.807, 2.05) is 7.05 Å². The predicted molar refractivity (Wildman–Crippen MR) is 58.7 cm³/mol. The molecular formula is C11H22N2. The van der Waals surface area contributed by atoms with Crippen molar-refractivity contribution < 1.29 is 0 Å². The smallest absolute Gasteiger partial charge is 0.0601 e. The van der Waals surface area contributed by atoms with Gasteiger partial charge in [0.1, 0.15) is 0 Å². The molecule has 1 N–H and O–H groups in total. The zero-order chi connectivity index (χ0) is 10.1. The van der Waals surface area contributed by atoms with Crippen molar-refractivity contribution in [3.63, 3.8) is 0 Å². The summed E-state index contributed by atoms with van der Waals surface area (Å²) in [4.78, 5) is 2.33. The van der Waals surface area contributed by atoms with Crippen LogP contribution in [0.25, 0.3) is 0 Å². The fourth-order valence-electron chi connectivity index (χ4n) is 1.45. The molecule has 0 rings (SSSR count). The van der Waals surface area contributed by atoms with Crippen LogP contribution in [0.4, 0.5) is 0 Å². The maximum absolute atomic E-state index is 5.29. The van der Waals surface area contributed by atoms with Gasteiger partial charge in [-0.25, -0.2) is 0 Å². The predicted octanol–water partition coefficient (Wildman–Crippen LogP) is 1.33. The Hall–Kier alpha value is -0.520. The first kappa shape index (κ1) is 12.5. The summed E-state index contributed by atoms with van der Waals surface area (Å²) >= 11 is 0. The van der Waals surface area contributed by atoms with Crippen molar-refractivity contribution in [3.05, 3.63) is 0 Å². The molecule has 0 saturated heterocycles. The van der Waals surface area contributed by atoms with Gasteiger partial charge >= 0.3 is 0 Å². The van der Waals surface area contributed by atoms with E-state index >= 15 is 0 Å². The number of hydrogen-bond donors (Lipinski definition) is 1. The molecular weight excluding hydrogens is 160 g/mol. The summed E-state index contributed by atoms with van der Waals surface area (Å²) in [5.41, 5.74) is 0. The van der Waals surface area contributed by atoms with Crippen molar-refractivity contribution in [2.24, 2.45) is 0 Å². The van der Waals surface area contributed by atoms with Crippen LogP contribution in [-0.4, -0.2) is 37.6 Å². The molecule has 0 aromatic heterocycles. The lowest BCUT2D eigenvalue weighted by atomic mass is 10.1. The van der Waals surface area contributed by atoms with Crippen LogP contribution in [0.5, 0.6) is 0 Å². The lowest BCUT2D eigenvalue weighted by Gasteiger charge is -2.25. The molecule has 0 radical (unpaired) electrons. The van der Waals surface area contributed by atoms with E-state index in [0.29, 0.717) is 6.04 Å². The van der Waals surface area contributed by atoms with E-state index < -0.39 is 0 Å². The standard InChI is InChI=1S/C11H22N2/c1-5-10-13(6-2)11(3)8-7-9-12-4/h1,11-12H,6-10H2,2-4H3. The Kier molecular flexibility index (Phi) is 7.77. The third-order valence-corrected chi connectivity index (χ3v) is 2.37. The molecule has 0 saturated carbocycles. The molecule has 0 aliphatic rings. The minimum atomic E-state index is 0.606. The van der Waals surface area contributed by atoms with Crippen LogP contribution >= 0.6 is 0 Å². The van der Waals surface area contributed by atoms with Crippen LogP contribution in [0.3, 0.4) is 0 Å². The average molecular weight is 182 g/mol. The van der Waals surface area contributed by atoms with Gasteiger partial charge in [0, 0.05) is 6.04 Å². The normalized spacial score (nSPS) is 12.8. The largest absolute Gasteiger partial charge is 0.320 e. The quantitative estimate of drug-likeness (QED) is 0.472. The van der Waals surface area contributed by atoms with E-state index in [-0.39, 0.29) is 0 Å². The van der Waals surface area contributed by atoms with Gasteiger partial charge in [0.25, 0.3) is 0 Å². The Morgan fingerprint density at radius 3 is 2.69 bits per heavy atom. The molecule has 0 heterocycles. The van der Waals surface area contributed by atoms with Gasteiger partial charge in [0.05, 0.1) is 6.54 Å². The van der Waals surface area contributed by atoms with E-state index in [1.54, 1.807) is 0 Å². The Morgan fingerprint density at radius 2 is 2.23 bits per heavy atom. The number of terminal acetylenes is 1. The summed E-state index contributed by atoms with van der Waals surface area (Å²) < 4.78 is 0. The molecule has 0 aromatic carbocycles. The van der Waals surface area contributed by atoms with Crippen molar-refractivity contribution in [1.29, 1.82) is 0 Å². The number of nitrogens with zero attached hydrogens (tertiary/aromatic N) is 1. The number of hydrogen-bond acceptors (Lipinski definition) is 2. The summed E-state index contributed by atoms with van der Waals surface area (Å²) in [5.74, 6) is 2.70. The van der Waals surface area contributed by atoms with Gasteiger partial charge in [-0.3, -0.25) is 4.90 Å². The summed E-state index contributed by atoms with van der Waals surface area (Å²) in [5, 5.41) is 3.15. The first-order chi connectivity index (χ1) is 6.26. The van der Waals surface area contributed by atoms with Gasteiger partial charge in [-0.15, -0.1) is 6.42 Å². The molecule has 0 aliphatic carbocycles. The molecule has 76 valence electrons. The second kappa shape index (κ2) is 8.10. The maximum atomic E-state index is 5.29. The zero-order valence-electron chi connectivity index (χ0n) is 9.14. The van der Waals surface area contributed by atoms with E-state index in [9.17, 15) is 0 Å². The fraction of sp³-hybridized carbons (Fsp3) is 0.818. The fourth-order valence-corrected chi connectivity index (χ4v) is 1.45. The molecule has 0 aliphatic heterocycles. The topological polar surface area (TPSA) is 15.3 Å². The van der Waals surface area contributed by atoms with E-state index in [0.717, 1.165) is 19.6 Å². The number of nitrogens with one attached hydrogen (secondary N) is 1. The van der Waals surface area contributed by atoms with Gasteiger partial charge in [0.2, 0.25) is 0 Å². The van der Waals surface area contributed by atoms with Crippen molar-refractivity contribution in [1.82, 2.24) is 10.2 Å². The highest BCUT2D eigenvalue weighted by atomic mass is 15.1. The Balaban J connectivity index is 3.65. The highest BCUT2D eigenvalue weighted by Crippen LogP contribution is 2.04. The van der Waals surface area contributed by atoms with E-state index in [1.165, 1.54) is 12.8 Å². The highest BCUT2D eigenvalue weighted by molar-refractivity contribution is 4.89. The molecule has 0 fully saturated rings. The van der Waals surface area contributed by atoms with Crippen LogP contribution in [0.1, 0.15) is 26.7 Å². The van der Waals surface area contributed by atoms with Crippen LogP contribution in [0, 0.1) is 12.3 Å². The molecule has 2 nitrogen and oxygen atoms in total. The second-order valence-electron chi connectivity index (χ2n) is 3.36. The van der Waals surface area contributed by atoms with Crippen molar-refractivity contribution in [2.45, 2.75) is 32.7 Å². The van der Waals surface area contributed by atoms with Gasteiger partial charge < -0.3 is 5.32 Å². The Labute approximate surface area is 82.7 Å². The summed E-state index contributed by atoms with van der Waals surface area (Å²) in [7, 11) is 1.99. The van der Waals surface area contributed by atoms with Gasteiger partial charge in [-0.1, -0.05) is 12.8 Å². The van der Waals surface area contributed by atoms with Gasteiger partial charge in [-0.2, -0.15) is 0 Å². The van der Waals surface area contributed by atoms with Crippen LogP contribution in [-0.2, 0) is 0 Å². The molecule has 0 bridgehead atoms. The molecule has 1 atom stereocenters. The van der Waals surface area contributed by atoms with Crippen LogP contribution in [0.15, 0.2) is 0 Å². The lowest BCUT2D eigenvalue weighted by Crippen LogP contribution is -2.33. The minimum absolute atomic E-state index is 0.606. The molecule has 13 heavy (non-hydrogen) atoms. The second-order valence-corrected chi connectivity index (χ2v) is 3.36. The van der Waals surface area contributed by atoms with Gasteiger partial charge in [0.15, 0.2) is 0 Å². The van der Waals surface area contributed by atoms with Gasteiger partial charge in [-0.05, 0) is 39.9 Å². The first-order valence-corrected chi connectivity index (χ1v) is 5.08. The molecule has 1 unspecified atom stereocenters. The third-order valence-electron chi connectivity index (χ3n) is 2.37. The molecule has 2 heteroatoms. The summed E-state index contributed by atoms with van der Waals surface area (Å²) in [6, 6.07) is 0.606. The number of rotatable bonds is 7. The summed E-state index contributed by atoms with van der Waals surface area (Å²) in [6.45, 7) is 7.32. The minimum Gasteiger partial charge on any atom is -0.320 e.